The first-order chi connectivity index (χ1) is 8.55. The maximum atomic E-state index is 11.1. The molecule has 0 aromatic carbocycles. The Hall–Kier alpha value is -0.120. The van der Waals surface area contributed by atoms with Crippen LogP contribution in [0, 0.1) is 11.3 Å². The Morgan fingerprint density at radius 3 is 2.17 bits per heavy atom. The molecule has 1 saturated carbocycles. The van der Waals surface area contributed by atoms with E-state index >= 15 is 0 Å². The fourth-order valence-corrected chi connectivity index (χ4v) is 4.02. The van der Waals surface area contributed by atoms with Gasteiger partial charge in [-0.1, -0.05) is 13.3 Å². The average Bonchev–Trinajstić information content (AvgIpc) is 2.42. The quantitative estimate of drug-likeness (QED) is 0.810. The van der Waals surface area contributed by atoms with Gasteiger partial charge < -0.3 is 15.7 Å². The number of hydrogen-bond donors (Lipinski definition) is 2. The number of aliphatic hydroxyl groups is 1. The van der Waals surface area contributed by atoms with Gasteiger partial charge in [-0.2, -0.15) is 0 Å². The molecule has 0 spiro atoms. The lowest BCUT2D eigenvalue weighted by Gasteiger charge is -2.53. The summed E-state index contributed by atoms with van der Waals surface area (Å²) in [6.07, 6.45) is 7.85. The number of likely N-dealkylation sites (tertiary alicyclic amines) is 1. The van der Waals surface area contributed by atoms with Crippen molar-refractivity contribution in [3.05, 3.63) is 0 Å². The van der Waals surface area contributed by atoms with Crippen molar-refractivity contribution in [1.29, 1.82) is 0 Å². The molecule has 0 aromatic rings. The zero-order valence-electron chi connectivity index (χ0n) is 12.1. The monoisotopic (exact) mass is 254 g/mol. The predicted octanol–water partition coefficient (Wildman–Crippen LogP) is 1.99. The molecular formula is C15H30N2O. The molecule has 0 atom stereocenters. The van der Waals surface area contributed by atoms with E-state index in [1.807, 2.05) is 0 Å². The van der Waals surface area contributed by atoms with Crippen LogP contribution in [0.25, 0.3) is 0 Å². The highest BCUT2D eigenvalue weighted by molar-refractivity contribution is 5.03. The number of hydrogen-bond acceptors (Lipinski definition) is 3. The van der Waals surface area contributed by atoms with Crippen molar-refractivity contribution < 1.29 is 5.11 Å². The molecule has 3 heteroatoms. The Bertz CT molecular complexity index is 264. The largest absolute Gasteiger partial charge is 0.389 e. The van der Waals surface area contributed by atoms with Crippen LogP contribution in [0.4, 0.5) is 0 Å². The Kier molecular flexibility index (Phi) is 4.35. The SMILES string of the molecule is CCC1CCC(CN)(C2(O)CCN(C)CC2)CC1. The number of nitrogens with zero attached hydrogens (tertiary/aromatic N) is 1. The van der Waals surface area contributed by atoms with Crippen LogP contribution in [-0.2, 0) is 0 Å². The molecule has 106 valence electrons. The topological polar surface area (TPSA) is 49.5 Å². The van der Waals surface area contributed by atoms with Crippen LogP contribution in [0.15, 0.2) is 0 Å². The lowest BCUT2D eigenvalue weighted by molar-refractivity contribution is -0.134. The van der Waals surface area contributed by atoms with Crippen LogP contribution >= 0.6 is 0 Å². The normalized spacial score (nSPS) is 37.7. The van der Waals surface area contributed by atoms with Crippen LogP contribution < -0.4 is 5.73 Å². The number of nitrogens with two attached hydrogens (primary N) is 1. The first-order valence-corrected chi connectivity index (χ1v) is 7.66. The summed E-state index contributed by atoms with van der Waals surface area (Å²) in [6, 6.07) is 0. The highest BCUT2D eigenvalue weighted by atomic mass is 16.3. The van der Waals surface area contributed by atoms with Crippen LogP contribution in [-0.4, -0.2) is 42.3 Å². The third kappa shape index (κ3) is 2.45. The molecule has 1 aliphatic heterocycles. The third-order valence-electron chi connectivity index (χ3n) is 5.83. The Morgan fingerprint density at radius 2 is 1.72 bits per heavy atom. The molecule has 3 N–H and O–H groups in total. The fraction of sp³-hybridized carbons (Fsp3) is 1.00. The molecule has 1 aliphatic carbocycles. The van der Waals surface area contributed by atoms with Gasteiger partial charge in [-0.05, 0) is 51.5 Å². The van der Waals surface area contributed by atoms with Crippen molar-refractivity contribution in [1.82, 2.24) is 4.90 Å². The van der Waals surface area contributed by atoms with E-state index in [9.17, 15) is 5.11 Å². The summed E-state index contributed by atoms with van der Waals surface area (Å²) in [6.45, 7) is 4.96. The summed E-state index contributed by atoms with van der Waals surface area (Å²) in [4.78, 5) is 2.32. The van der Waals surface area contributed by atoms with Gasteiger partial charge in [0, 0.05) is 25.0 Å². The Morgan fingerprint density at radius 1 is 1.17 bits per heavy atom. The minimum absolute atomic E-state index is 0.0000694. The highest BCUT2D eigenvalue weighted by Crippen LogP contribution is 2.50. The van der Waals surface area contributed by atoms with Crippen LogP contribution in [0.3, 0.4) is 0 Å². The minimum Gasteiger partial charge on any atom is -0.389 e. The van der Waals surface area contributed by atoms with E-state index in [1.165, 1.54) is 19.3 Å². The van der Waals surface area contributed by atoms with Crippen molar-refractivity contribution in [3.8, 4) is 0 Å². The molecular weight excluding hydrogens is 224 g/mol. The maximum Gasteiger partial charge on any atom is 0.0740 e. The van der Waals surface area contributed by atoms with Crippen molar-refractivity contribution in [2.45, 2.75) is 57.5 Å². The minimum atomic E-state index is -0.507. The lowest BCUT2D eigenvalue weighted by Crippen LogP contribution is -2.58. The van der Waals surface area contributed by atoms with Gasteiger partial charge in [-0.15, -0.1) is 0 Å². The van der Waals surface area contributed by atoms with Gasteiger partial charge in [0.1, 0.15) is 0 Å². The van der Waals surface area contributed by atoms with Gasteiger partial charge in [0.15, 0.2) is 0 Å². The second kappa shape index (κ2) is 5.48. The summed E-state index contributed by atoms with van der Waals surface area (Å²) in [7, 11) is 2.14. The van der Waals surface area contributed by atoms with Crippen LogP contribution in [0.5, 0.6) is 0 Å². The van der Waals surface area contributed by atoms with Gasteiger partial charge >= 0.3 is 0 Å². The zero-order chi connectivity index (χ0) is 13.2. The number of rotatable bonds is 3. The summed E-state index contributed by atoms with van der Waals surface area (Å²) in [5.41, 5.74) is 5.60. The number of piperidine rings is 1. The van der Waals surface area contributed by atoms with E-state index in [0.29, 0.717) is 6.54 Å². The van der Waals surface area contributed by atoms with Gasteiger partial charge in [0.2, 0.25) is 0 Å². The molecule has 2 aliphatic rings. The van der Waals surface area contributed by atoms with E-state index < -0.39 is 5.60 Å². The van der Waals surface area contributed by atoms with Crippen molar-refractivity contribution >= 4 is 0 Å². The maximum absolute atomic E-state index is 11.1. The molecule has 0 unspecified atom stereocenters. The van der Waals surface area contributed by atoms with Crippen molar-refractivity contribution in [2.24, 2.45) is 17.1 Å². The lowest BCUT2D eigenvalue weighted by atomic mass is 9.58. The van der Waals surface area contributed by atoms with E-state index in [2.05, 4.69) is 18.9 Å². The van der Waals surface area contributed by atoms with Crippen LogP contribution in [0.2, 0.25) is 0 Å². The third-order valence-corrected chi connectivity index (χ3v) is 5.83. The summed E-state index contributed by atoms with van der Waals surface area (Å²) < 4.78 is 0. The zero-order valence-corrected chi connectivity index (χ0v) is 12.1. The molecule has 3 nitrogen and oxygen atoms in total. The fourth-order valence-electron chi connectivity index (χ4n) is 4.02. The Balaban J connectivity index is 2.08. The van der Waals surface area contributed by atoms with Gasteiger partial charge in [-0.25, -0.2) is 0 Å². The predicted molar refractivity (Wildman–Crippen MR) is 75.4 cm³/mol. The van der Waals surface area contributed by atoms with E-state index in [1.54, 1.807) is 0 Å². The van der Waals surface area contributed by atoms with Crippen LogP contribution in [0.1, 0.15) is 51.9 Å². The van der Waals surface area contributed by atoms with E-state index in [4.69, 9.17) is 5.73 Å². The molecule has 1 heterocycles. The summed E-state index contributed by atoms with van der Waals surface area (Å²) in [5.74, 6) is 0.861. The van der Waals surface area contributed by atoms with E-state index in [0.717, 1.165) is 44.7 Å². The van der Waals surface area contributed by atoms with Crippen molar-refractivity contribution in [3.63, 3.8) is 0 Å². The summed E-state index contributed by atoms with van der Waals surface area (Å²) in [5, 5.41) is 11.1. The molecule has 18 heavy (non-hydrogen) atoms. The highest BCUT2D eigenvalue weighted by Gasteiger charge is 2.51. The van der Waals surface area contributed by atoms with Gasteiger partial charge in [-0.3, -0.25) is 0 Å². The molecule has 2 fully saturated rings. The molecule has 0 amide bonds. The second-order valence-corrected chi connectivity index (χ2v) is 6.67. The second-order valence-electron chi connectivity index (χ2n) is 6.67. The first kappa shape index (κ1) is 14.3. The van der Waals surface area contributed by atoms with Crippen molar-refractivity contribution in [2.75, 3.05) is 26.7 Å². The first-order valence-electron chi connectivity index (χ1n) is 7.66. The molecule has 1 saturated heterocycles. The average molecular weight is 254 g/mol. The van der Waals surface area contributed by atoms with Gasteiger partial charge in [0.25, 0.3) is 0 Å². The van der Waals surface area contributed by atoms with E-state index in [-0.39, 0.29) is 5.41 Å². The summed E-state index contributed by atoms with van der Waals surface area (Å²) >= 11 is 0. The molecule has 0 bridgehead atoms. The standard InChI is InChI=1S/C15H30N2O/c1-3-13-4-6-14(12-16,7-5-13)15(18)8-10-17(2)11-9-15/h13,18H,3-12,16H2,1-2H3. The van der Waals surface area contributed by atoms with Gasteiger partial charge in [0.05, 0.1) is 5.60 Å². The molecule has 2 rings (SSSR count). The molecule has 0 radical (unpaired) electrons. The Labute approximate surface area is 112 Å². The molecule has 0 aromatic heterocycles. The smallest absolute Gasteiger partial charge is 0.0740 e.